The van der Waals surface area contributed by atoms with Crippen LogP contribution in [0.15, 0.2) is 67.0 Å². The van der Waals surface area contributed by atoms with E-state index in [0.717, 1.165) is 28.2 Å². The first-order chi connectivity index (χ1) is 15.0. The van der Waals surface area contributed by atoms with Crippen LogP contribution in [0.5, 0.6) is 0 Å². The lowest BCUT2D eigenvalue weighted by Crippen LogP contribution is -2.27. The van der Waals surface area contributed by atoms with Gasteiger partial charge in [-0.05, 0) is 37.3 Å². The van der Waals surface area contributed by atoms with Crippen LogP contribution in [-0.2, 0) is 17.9 Å². The van der Waals surface area contributed by atoms with Gasteiger partial charge in [-0.15, -0.1) is 0 Å². The Labute approximate surface area is 186 Å². The molecule has 0 aliphatic carbocycles. The summed E-state index contributed by atoms with van der Waals surface area (Å²) < 4.78 is 4.20. The second kappa shape index (κ2) is 9.09. The van der Waals surface area contributed by atoms with E-state index in [4.69, 9.17) is 12.2 Å². The molecule has 0 bridgehead atoms. The molecule has 7 nitrogen and oxygen atoms in total. The van der Waals surface area contributed by atoms with Gasteiger partial charge in [0.2, 0.25) is 5.91 Å². The average molecular weight is 433 g/mol. The highest BCUT2D eigenvalue weighted by Crippen LogP contribution is 2.19. The van der Waals surface area contributed by atoms with Crippen LogP contribution < -0.4 is 0 Å². The molecule has 0 unspecified atom stereocenters. The van der Waals surface area contributed by atoms with E-state index in [0.29, 0.717) is 24.3 Å². The number of carbonyl (C=O) groups is 1. The van der Waals surface area contributed by atoms with Crippen LogP contribution in [0, 0.1) is 11.7 Å². The van der Waals surface area contributed by atoms with Crippen LogP contribution in [0.2, 0.25) is 0 Å². The Morgan fingerprint density at radius 2 is 1.97 bits per heavy atom. The van der Waals surface area contributed by atoms with E-state index in [1.54, 1.807) is 18.1 Å². The van der Waals surface area contributed by atoms with Gasteiger partial charge in [0.25, 0.3) is 0 Å². The number of aromatic nitrogens is 5. The van der Waals surface area contributed by atoms with Crippen LogP contribution in [0.3, 0.4) is 0 Å². The number of nitrogens with one attached hydrogen (secondary N) is 1. The minimum Gasteiger partial charge on any atom is -0.341 e. The topological polar surface area (TPSA) is 71.7 Å². The maximum Gasteiger partial charge on any atom is 0.224 e. The molecule has 158 valence electrons. The summed E-state index contributed by atoms with van der Waals surface area (Å²) >= 11 is 5.39. The minimum atomic E-state index is 0.0331. The van der Waals surface area contributed by atoms with Gasteiger partial charge >= 0.3 is 0 Å². The van der Waals surface area contributed by atoms with Crippen molar-refractivity contribution in [3.63, 3.8) is 0 Å². The molecular formula is C23H24N6OS. The maximum atomic E-state index is 12.8. The smallest absolute Gasteiger partial charge is 0.224 e. The molecule has 1 N–H and O–H groups in total. The van der Waals surface area contributed by atoms with E-state index in [1.807, 2.05) is 70.9 Å². The van der Waals surface area contributed by atoms with Crippen molar-refractivity contribution < 1.29 is 4.79 Å². The van der Waals surface area contributed by atoms with Gasteiger partial charge in [0.05, 0.1) is 11.9 Å². The number of rotatable bonds is 7. The summed E-state index contributed by atoms with van der Waals surface area (Å²) in [4.78, 5) is 14.5. The molecule has 0 spiro atoms. The highest BCUT2D eigenvalue weighted by Gasteiger charge is 2.14. The van der Waals surface area contributed by atoms with E-state index < -0.39 is 0 Å². The first-order valence-corrected chi connectivity index (χ1v) is 10.5. The van der Waals surface area contributed by atoms with Crippen molar-refractivity contribution in [2.75, 3.05) is 7.05 Å². The number of nitrogens with zero attached hydrogens (tertiary/aromatic N) is 5. The van der Waals surface area contributed by atoms with Gasteiger partial charge < -0.3 is 4.90 Å². The summed E-state index contributed by atoms with van der Waals surface area (Å²) in [6.45, 7) is 2.99. The quantitative estimate of drug-likeness (QED) is 0.445. The van der Waals surface area contributed by atoms with Crippen molar-refractivity contribution in [1.29, 1.82) is 0 Å². The van der Waals surface area contributed by atoms with Gasteiger partial charge in [-0.25, -0.2) is 4.68 Å². The third-order valence-corrected chi connectivity index (χ3v) is 5.40. The fourth-order valence-corrected chi connectivity index (χ4v) is 3.68. The van der Waals surface area contributed by atoms with Crippen molar-refractivity contribution in [1.82, 2.24) is 29.4 Å². The molecule has 1 amide bonds. The van der Waals surface area contributed by atoms with Gasteiger partial charge in [-0.2, -0.15) is 10.2 Å². The van der Waals surface area contributed by atoms with Gasteiger partial charge in [-0.3, -0.25) is 14.5 Å². The number of aromatic amines is 1. The zero-order chi connectivity index (χ0) is 21.8. The molecule has 8 heteroatoms. The summed E-state index contributed by atoms with van der Waals surface area (Å²) in [6, 6.07) is 18.0. The van der Waals surface area contributed by atoms with Crippen molar-refractivity contribution in [2.24, 2.45) is 0 Å². The van der Waals surface area contributed by atoms with Crippen LogP contribution in [0.1, 0.15) is 17.5 Å². The van der Waals surface area contributed by atoms with Crippen LogP contribution >= 0.6 is 12.2 Å². The lowest BCUT2D eigenvalue weighted by atomic mass is 10.1. The number of benzene rings is 2. The first kappa shape index (κ1) is 20.7. The normalized spacial score (nSPS) is 10.9. The Kier molecular flexibility index (Phi) is 6.08. The summed E-state index contributed by atoms with van der Waals surface area (Å²) in [7, 11) is 1.80. The lowest BCUT2D eigenvalue weighted by molar-refractivity contribution is -0.130. The molecule has 0 atom stereocenters. The Morgan fingerprint density at radius 1 is 1.16 bits per heavy atom. The SMILES string of the molecule is Cc1cccc(-c2n[nH]c(=S)n2CCC(=O)N(C)Cc2cnn(-c3ccccc3)c2)c1. The third-order valence-electron chi connectivity index (χ3n) is 5.09. The third kappa shape index (κ3) is 4.80. The monoisotopic (exact) mass is 432 g/mol. The molecule has 31 heavy (non-hydrogen) atoms. The fourth-order valence-electron chi connectivity index (χ4n) is 3.45. The zero-order valence-electron chi connectivity index (χ0n) is 17.5. The summed E-state index contributed by atoms with van der Waals surface area (Å²) in [6.07, 6.45) is 4.07. The summed E-state index contributed by atoms with van der Waals surface area (Å²) in [5, 5.41) is 11.6. The Balaban J connectivity index is 1.40. The first-order valence-electron chi connectivity index (χ1n) is 10.1. The van der Waals surface area contributed by atoms with Crippen molar-refractivity contribution in [3.8, 4) is 17.1 Å². The van der Waals surface area contributed by atoms with E-state index >= 15 is 0 Å². The lowest BCUT2D eigenvalue weighted by Gasteiger charge is -2.16. The predicted octanol–water partition coefficient (Wildman–Crippen LogP) is 4.15. The molecule has 0 saturated carbocycles. The van der Waals surface area contributed by atoms with Gasteiger partial charge in [0.15, 0.2) is 10.6 Å². The molecule has 0 aliphatic heterocycles. The summed E-state index contributed by atoms with van der Waals surface area (Å²) in [5.74, 6) is 0.777. The molecular weight excluding hydrogens is 408 g/mol. The minimum absolute atomic E-state index is 0.0331. The molecule has 2 aromatic carbocycles. The average Bonchev–Trinajstić information content (AvgIpc) is 3.39. The molecule has 0 aliphatic rings. The van der Waals surface area contributed by atoms with Crippen molar-refractivity contribution >= 4 is 18.1 Å². The largest absolute Gasteiger partial charge is 0.341 e. The standard InChI is InChI=1S/C23H24N6OS/c1-17-7-6-8-19(13-17)22-25-26-23(31)28(22)12-11-21(30)27(2)15-18-14-24-29(16-18)20-9-4-3-5-10-20/h3-10,13-14,16H,11-12,15H2,1-2H3,(H,26,31). The highest BCUT2D eigenvalue weighted by molar-refractivity contribution is 7.71. The molecule has 2 aromatic heterocycles. The zero-order valence-corrected chi connectivity index (χ0v) is 18.3. The van der Waals surface area contributed by atoms with E-state index in [9.17, 15) is 4.79 Å². The van der Waals surface area contributed by atoms with E-state index in [1.165, 1.54) is 0 Å². The Hall–Kier alpha value is -3.52. The number of hydrogen-bond donors (Lipinski definition) is 1. The van der Waals surface area contributed by atoms with Gasteiger partial charge in [0, 0.05) is 43.9 Å². The van der Waals surface area contributed by atoms with Crippen LogP contribution in [0.25, 0.3) is 17.1 Å². The highest BCUT2D eigenvalue weighted by atomic mass is 32.1. The van der Waals surface area contributed by atoms with Crippen LogP contribution in [-0.4, -0.2) is 42.4 Å². The Morgan fingerprint density at radius 3 is 2.74 bits per heavy atom. The number of H-pyrrole nitrogens is 1. The number of hydrogen-bond acceptors (Lipinski definition) is 4. The predicted molar refractivity (Wildman–Crippen MR) is 122 cm³/mol. The van der Waals surface area contributed by atoms with Crippen LogP contribution in [0.4, 0.5) is 0 Å². The molecule has 0 radical (unpaired) electrons. The maximum absolute atomic E-state index is 12.8. The van der Waals surface area contributed by atoms with Crippen molar-refractivity contribution in [2.45, 2.75) is 26.4 Å². The fraction of sp³-hybridized carbons (Fsp3) is 0.217. The molecule has 0 saturated heterocycles. The molecule has 0 fully saturated rings. The number of para-hydroxylation sites is 1. The van der Waals surface area contributed by atoms with Gasteiger partial charge in [0.1, 0.15) is 0 Å². The van der Waals surface area contributed by atoms with Gasteiger partial charge in [-0.1, -0.05) is 42.0 Å². The molecule has 2 heterocycles. The molecule has 4 aromatic rings. The summed E-state index contributed by atoms with van der Waals surface area (Å²) in [5.41, 5.74) is 4.08. The van der Waals surface area contributed by atoms with E-state index in [2.05, 4.69) is 21.4 Å². The van der Waals surface area contributed by atoms with E-state index in [-0.39, 0.29) is 5.91 Å². The number of carbonyl (C=O) groups excluding carboxylic acids is 1. The Bertz CT molecular complexity index is 1240. The molecule has 4 rings (SSSR count). The number of amides is 1. The second-order valence-electron chi connectivity index (χ2n) is 7.50. The number of aryl methyl sites for hydroxylation is 1. The van der Waals surface area contributed by atoms with Crippen molar-refractivity contribution in [3.05, 3.63) is 82.9 Å². The second-order valence-corrected chi connectivity index (χ2v) is 7.89.